The number of ketones is 1. The first kappa shape index (κ1) is 21.5. The summed E-state index contributed by atoms with van der Waals surface area (Å²) in [5.41, 5.74) is 5.23. The highest BCUT2D eigenvalue weighted by Crippen LogP contribution is 2.35. The number of rotatable bonds is 7. The van der Waals surface area contributed by atoms with Crippen LogP contribution in [-0.4, -0.2) is 50.0 Å². The van der Waals surface area contributed by atoms with Crippen molar-refractivity contribution in [3.8, 4) is 6.07 Å². The van der Waals surface area contributed by atoms with E-state index in [2.05, 4.69) is 39.4 Å². The molecule has 3 heterocycles. The van der Waals surface area contributed by atoms with Crippen LogP contribution >= 0.6 is 0 Å². The van der Waals surface area contributed by atoms with Crippen LogP contribution < -0.4 is 10.2 Å². The second kappa shape index (κ2) is 9.29. The molecule has 0 saturated carbocycles. The molecule has 0 amide bonds. The van der Waals surface area contributed by atoms with Gasteiger partial charge in [-0.3, -0.25) is 9.69 Å². The molecule has 1 aromatic heterocycles. The average Bonchev–Trinajstić information content (AvgIpc) is 3.45. The van der Waals surface area contributed by atoms with Crippen LogP contribution in [0.4, 0.5) is 11.4 Å². The van der Waals surface area contributed by atoms with Gasteiger partial charge >= 0.3 is 0 Å². The SMILES string of the molecule is CC(=O)c1cc2cc(N3CCN(CCCCC4CNc5ccc(C#N)cc54)CC3)ccc2o1. The van der Waals surface area contributed by atoms with E-state index in [0.29, 0.717) is 11.7 Å². The summed E-state index contributed by atoms with van der Waals surface area (Å²) in [5.74, 6) is 0.905. The number of carbonyl (C=O) groups is 1. The van der Waals surface area contributed by atoms with E-state index >= 15 is 0 Å². The van der Waals surface area contributed by atoms with Crippen LogP contribution in [0.3, 0.4) is 0 Å². The maximum Gasteiger partial charge on any atom is 0.194 e. The minimum atomic E-state index is -0.0401. The van der Waals surface area contributed by atoms with E-state index in [4.69, 9.17) is 4.42 Å². The van der Waals surface area contributed by atoms with Gasteiger partial charge in [0.25, 0.3) is 0 Å². The maximum absolute atomic E-state index is 11.6. The standard InChI is InChI=1S/C27H30N4O2/c1-19(32)27-16-22-15-23(6-8-26(22)33-27)31-12-10-30(11-13-31)9-3-2-4-21-18-29-25-7-5-20(17-28)14-24(21)25/h5-8,14-16,21,29H,2-4,9-13,18H2,1H3. The number of piperazine rings is 1. The maximum atomic E-state index is 11.6. The summed E-state index contributed by atoms with van der Waals surface area (Å²) in [6.07, 6.45) is 3.58. The van der Waals surface area contributed by atoms with Gasteiger partial charge in [0.05, 0.1) is 11.6 Å². The van der Waals surface area contributed by atoms with E-state index in [-0.39, 0.29) is 5.78 Å². The molecule has 1 N–H and O–H groups in total. The molecule has 6 heteroatoms. The lowest BCUT2D eigenvalue weighted by atomic mass is 9.94. The Kier molecular flexibility index (Phi) is 6.06. The molecule has 2 aliphatic rings. The Morgan fingerprint density at radius 2 is 1.97 bits per heavy atom. The topological polar surface area (TPSA) is 72.5 Å². The monoisotopic (exact) mass is 442 g/mol. The van der Waals surface area contributed by atoms with Gasteiger partial charge in [-0.2, -0.15) is 5.26 Å². The lowest BCUT2D eigenvalue weighted by Crippen LogP contribution is -2.46. The summed E-state index contributed by atoms with van der Waals surface area (Å²) in [7, 11) is 0. The van der Waals surface area contributed by atoms with Gasteiger partial charge in [0, 0.05) is 62.3 Å². The smallest absolute Gasteiger partial charge is 0.194 e. The lowest BCUT2D eigenvalue weighted by molar-refractivity contribution is 0.0989. The molecule has 170 valence electrons. The van der Waals surface area contributed by atoms with E-state index < -0.39 is 0 Å². The first-order valence-electron chi connectivity index (χ1n) is 11.9. The second-order valence-electron chi connectivity index (χ2n) is 9.21. The molecule has 2 aliphatic heterocycles. The fourth-order valence-electron chi connectivity index (χ4n) is 5.09. The molecule has 1 atom stereocenters. The molecule has 0 aliphatic carbocycles. The normalized spacial score (nSPS) is 18.2. The quantitative estimate of drug-likeness (QED) is 0.410. The molecule has 1 unspecified atom stereocenters. The zero-order valence-corrected chi connectivity index (χ0v) is 19.1. The first-order valence-corrected chi connectivity index (χ1v) is 11.9. The van der Waals surface area contributed by atoms with Crippen molar-refractivity contribution in [2.24, 2.45) is 0 Å². The number of nitrogens with one attached hydrogen (secondary N) is 1. The summed E-state index contributed by atoms with van der Waals surface area (Å²) in [6, 6.07) is 16.3. The van der Waals surface area contributed by atoms with Gasteiger partial charge < -0.3 is 14.6 Å². The van der Waals surface area contributed by atoms with E-state index in [9.17, 15) is 10.1 Å². The summed E-state index contributed by atoms with van der Waals surface area (Å²) in [5, 5.41) is 13.6. The van der Waals surface area contributed by atoms with Crippen molar-refractivity contribution in [1.29, 1.82) is 5.26 Å². The number of benzene rings is 2. The molecule has 0 bridgehead atoms. The van der Waals surface area contributed by atoms with Crippen molar-refractivity contribution in [2.45, 2.75) is 32.1 Å². The number of furan rings is 1. The molecule has 2 aromatic carbocycles. The Balaban J connectivity index is 1.08. The van der Waals surface area contributed by atoms with Crippen LogP contribution in [0.15, 0.2) is 46.9 Å². The van der Waals surface area contributed by atoms with Crippen molar-refractivity contribution in [3.63, 3.8) is 0 Å². The number of hydrogen-bond donors (Lipinski definition) is 1. The summed E-state index contributed by atoms with van der Waals surface area (Å²) < 4.78 is 5.62. The van der Waals surface area contributed by atoms with Crippen LogP contribution in [0.25, 0.3) is 11.0 Å². The lowest BCUT2D eigenvalue weighted by Gasteiger charge is -2.36. The highest BCUT2D eigenvalue weighted by atomic mass is 16.3. The second-order valence-corrected chi connectivity index (χ2v) is 9.21. The summed E-state index contributed by atoms with van der Waals surface area (Å²) >= 11 is 0. The highest BCUT2D eigenvalue weighted by Gasteiger charge is 2.23. The van der Waals surface area contributed by atoms with Crippen molar-refractivity contribution in [3.05, 3.63) is 59.4 Å². The predicted octanol–water partition coefficient (Wildman–Crippen LogP) is 5.01. The number of nitrogens with zero attached hydrogens (tertiary/aromatic N) is 3. The van der Waals surface area contributed by atoms with Crippen molar-refractivity contribution >= 4 is 28.1 Å². The number of nitriles is 1. The minimum absolute atomic E-state index is 0.0401. The number of hydrogen-bond acceptors (Lipinski definition) is 6. The van der Waals surface area contributed by atoms with Crippen LogP contribution in [0.2, 0.25) is 0 Å². The van der Waals surface area contributed by atoms with Gasteiger partial charge in [-0.1, -0.05) is 6.42 Å². The minimum Gasteiger partial charge on any atom is -0.453 e. The van der Waals surface area contributed by atoms with Gasteiger partial charge in [-0.05, 0) is 67.4 Å². The van der Waals surface area contributed by atoms with Gasteiger partial charge in [-0.15, -0.1) is 0 Å². The van der Waals surface area contributed by atoms with Crippen molar-refractivity contribution in [1.82, 2.24) is 4.90 Å². The fraction of sp³-hybridized carbons (Fsp3) is 0.407. The number of carbonyl (C=O) groups excluding carboxylic acids is 1. The number of unbranched alkanes of at least 4 members (excludes halogenated alkanes) is 1. The van der Waals surface area contributed by atoms with Crippen LogP contribution in [0.5, 0.6) is 0 Å². The molecule has 5 rings (SSSR count). The van der Waals surface area contributed by atoms with E-state index in [0.717, 1.165) is 55.8 Å². The molecule has 3 aromatic rings. The van der Waals surface area contributed by atoms with Crippen molar-refractivity contribution < 1.29 is 9.21 Å². The fourth-order valence-corrected chi connectivity index (χ4v) is 5.09. The average molecular weight is 443 g/mol. The number of Topliss-reactive ketones (excluding diaryl/α,β-unsaturated/α-hetero) is 1. The Bertz CT molecular complexity index is 1200. The van der Waals surface area contributed by atoms with Gasteiger partial charge in [0.2, 0.25) is 0 Å². The predicted molar refractivity (Wildman–Crippen MR) is 131 cm³/mol. The Hall–Kier alpha value is -3.30. The van der Waals surface area contributed by atoms with Crippen LogP contribution in [0, 0.1) is 11.3 Å². The zero-order valence-electron chi connectivity index (χ0n) is 19.1. The number of fused-ring (bicyclic) bond motifs is 2. The molecule has 6 nitrogen and oxygen atoms in total. The molecular formula is C27H30N4O2. The first-order chi connectivity index (χ1) is 16.1. The van der Waals surface area contributed by atoms with Crippen molar-refractivity contribution in [2.75, 3.05) is 49.5 Å². The molecule has 33 heavy (non-hydrogen) atoms. The molecule has 1 fully saturated rings. The zero-order chi connectivity index (χ0) is 22.8. The van der Waals surface area contributed by atoms with Crippen LogP contribution in [0.1, 0.15) is 53.8 Å². The summed E-state index contributed by atoms with van der Waals surface area (Å²) in [4.78, 5) is 16.6. The van der Waals surface area contributed by atoms with E-state index in [1.807, 2.05) is 24.3 Å². The Morgan fingerprint density at radius 3 is 2.76 bits per heavy atom. The third kappa shape index (κ3) is 4.60. The molecule has 0 radical (unpaired) electrons. The summed E-state index contributed by atoms with van der Waals surface area (Å²) in [6.45, 7) is 7.83. The highest BCUT2D eigenvalue weighted by molar-refractivity contribution is 5.96. The Labute approximate surface area is 194 Å². The number of anilines is 2. The van der Waals surface area contributed by atoms with Gasteiger partial charge in [0.1, 0.15) is 5.58 Å². The third-order valence-electron chi connectivity index (χ3n) is 7.02. The van der Waals surface area contributed by atoms with Crippen LogP contribution in [-0.2, 0) is 0 Å². The van der Waals surface area contributed by atoms with Gasteiger partial charge in [-0.25, -0.2) is 0 Å². The molecule has 1 saturated heterocycles. The van der Waals surface area contributed by atoms with Gasteiger partial charge in [0.15, 0.2) is 11.5 Å². The third-order valence-corrected chi connectivity index (χ3v) is 7.02. The van der Waals surface area contributed by atoms with E-state index in [1.54, 1.807) is 0 Å². The largest absolute Gasteiger partial charge is 0.453 e. The molecule has 0 spiro atoms. The van der Waals surface area contributed by atoms with E-state index in [1.165, 1.54) is 43.1 Å². The molecular weight excluding hydrogens is 412 g/mol. The Morgan fingerprint density at radius 1 is 1.12 bits per heavy atom.